The van der Waals surface area contributed by atoms with Gasteiger partial charge in [-0.1, -0.05) is 6.07 Å². The van der Waals surface area contributed by atoms with Crippen molar-refractivity contribution >= 4 is 21.8 Å². The second-order valence-corrected chi connectivity index (χ2v) is 5.18. The quantitative estimate of drug-likeness (QED) is 0.820. The van der Waals surface area contributed by atoms with Crippen LogP contribution in [0.15, 0.2) is 22.8 Å². The third-order valence-corrected chi connectivity index (χ3v) is 3.39. The van der Waals surface area contributed by atoms with Crippen molar-refractivity contribution in [3.8, 4) is 0 Å². The Hall–Kier alpha value is -0.980. The van der Waals surface area contributed by atoms with Crippen LogP contribution in [-0.2, 0) is 4.74 Å². The normalized spacial score (nSPS) is 18.3. The molecule has 2 N–H and O–H groups in total. The van der Waals surface area contributed by atoms with Crippen LogP contribution in [-0.4, -0.2) is 41.4 Å². The summed E-state index contributed by atoms with van der Waals surface area (Å²) in [5.41, 5.74) is -0.528. The van der Waals surface area contributed by atoms with Gasteiger partial charge in [0.25, 0.3) is 5.91 Å². The second kappa shape index (κ2) is 5.77. The highest BCUT2D eigenvalue weighted by atomic mass is 79.9. The van der Waals surface area contributed by atoms with Gasteiger partial charge in [0.2, 0.25) is 0 Å². The fraction of sp³-hybridized carbons (Fsp3) is 0.500. The molecule has 18 heavy (non-hydrogen) atoms. The molecule has 2 heterocycles. The molecule has 0 saturated carbocycles. The molecule has 1 amide bonds. The van der Waals surface area contributed by atoms with Gasteiger partial charge in [0.05, 0.1) is 5.60 Å². The molecule has 1 aromatic rings. The van der Waals surface area contributed by atoms with Gasteiger partial charge in [-0.2, -0.15) is 0 Å². The van der Waals surface area contributed by atoms with Gasteiger partial charge in [-0.05, 0) is 28.1 Å². The Kier molecular flexibility index (Phi) is 4.31. The minimum Gasteiger partial charge on any atom is -0.388 e. The lowest BCUT2D eigenvalue weighted by Crippen LogP contribution is -2.46. The van der Waals surface area contributed by atoms with E-state index in [-0.39, 0.29) is 12.5 Å². The van der Waals surface area contributed by atoms with E-state index in [9.17, 15) is 9.90 Å². The first-order valence-electron chi connectivity index (χ1n) is 5.80. The highest BCUT2D eigenvalue weighted by Crippen LogP contribution is 2.19. The maximum absolute atomic E-state index is 11.8. The number of carbonyl (C=O) groups excluding carboxylic acids is 1. The van der Waals surface area contributed by atoms with Gasteiger partial charge in [0.15, 0.2) is 0 Å². The lowest BCUT2D eigenvalue weighted by molar-refractivity contribution is -0.0605. The smallest absolute Gasteiger partial charge is 0.270 e. The Morgan fingerprint density at radius 1 is 1.50 bits per heavy atom. The molecule has 0 radical (unpaired) electrons. The average Bonchev–Trinajstić information content (AvgIpc) is 2.37. The van der Waals surface area contributed by atoms with Crippen molar-refractivity contribution in [2.24, 2.45) is 0 Å². The number of hydrogen-bond acceptors (Lipinski definition) is 4. The zero-order chi connectivity index (χ0) is 13.0. The molecule has 2 rings (SSSR count). The first kappa shape index (κ1) is 13.5. The van der Waals surface area contributed by atoms with Crippen molar-refractivity contribution in [3.63, 3.8) is 0 Å². The number of aromatic nitrogens is 1. The summed E-state index contributed by atoms with van der Waals surface area (Å²) in [7, 11) is 0. The van der Waals surface area contributed by atoms with Gasteiger partial charge < -0.3 is 15.2 Å². The molecule has 98 valence electrons. The minimum absolute atomic E-state index is 0.226. The average molecular weight is 315 g/mol. The molecule has 1 aliphatic rings. The number of ether oxygens (including phenoxy) is 1. The maximum atomic E-state index is 11.8. The monoisotopic (exact) mass is 314 g/mol. The summed E-state index contributed by atoms with van der Waals surface area (Å²) in [6.07, 6.45) is 1.08. The lowest BCUT2D eigenvalue weighted by Gasteiger charge is -2.31. The molecule has 1 aliphatic heterocycles. The zero-order valence-corrected chi connectivity index (χ0v) is 11.4. The Morgan fingerprint density at radius 2 is 2.22 bits per heavy atom. The largest absolute Gasteiger partial charge is 0.388 e. The van der Waals surface area contributed by atoms with Gasteiger partial charge in [-0.3, -0.25) is 4.79 Å². The van der Waals surface area contributed by atoms with E-state index in [0.717, 1.165) is 0 Å². The van der Waals surface area contributed by atoms with E-state index in [2.05, 4.69) is 26.2 Å². The summed E-state index contributed by atoms with van der Waals surface area (Å²) in [4.78, 5) is 15.9. The summed E-state index contributed by atoms with van der Waals surface area (Å²) in [5.74, 6) is -0.281. The number of hydrogen-bond donors (Lipinski definition) is 2. The number of nitrogens with one attached hydrogen (secondary N) is 1. The van der Waals surface area contributed by atoms with E-state index in [1.165, 1.54) is 0 Å². The first-order chi connectivity index (χ1) is 8.59. The Morgan fingerprint density at radius 3 is 2.89 bits per heavy atom. The fourth-order valence-electron chi connectivity index (χ4n) is 1.80. The fourth-order valence-corrected chi connectivity index (χ4v) is 2.14. The molecular formula is C12H15BrN2O3. The predicted molar refractivity (Wildman–Crippen MR) is 69.3 cm³/mol. The highest BCUT2D eigenvalue weighted by molar-refractivity contribution is 9.10. The van der Waals surface area contributed by atoms with Crippen LogP contribution in [0, 0.1) is 0 Å². The van der Waals surface area contributed by atoms with Gasteiger partial charge >= 0.3 is 0 Å². The zero-order valence-electron chi connectivity index (χ0n) is 9.86. The molecule has 0 atom stereocenters. The maximum Gasteiger partial charge on any atom is 0.270 e. The summed E-state index contributed by atoms with van der Waals surface area (Å²) in [5, 5.41) is 12.9. The van der Waals surface area contributed by atoms with Gasteiger partial charge in [0, 0.05) is 32.6 Å². The number of nitrogens with zero attached hydrogens (tertiary/aromatic N) is 1. The van der Waals surface area contributed by atoms with Crippen molar-refractivity contribution in [2.75, 3.05) is 19.8 Å². The molecule has 1 aromatic heterocycles. The topological polar surface area (TPSA) is 71.5 Å². The molecule has 0 spiro atoms. The summed E-state index contributed by atoms with van der Waals surface area (Å²) >= 11 is 3.21. The third kappa shape index (κ3) is 3.51. The van der Waals surface area contributed by atoms with E-state index in [4.69, 9.17) is 4.74 Å². The molecule has 0 aromatic carbocycles. The lowest BCUT2D eigenvalue weighted by atomic mass is 9.94. The van der Waals surface area contributed by atoms with Crippen molar-refractivity contribution in [1.82, 2.24) is 10.3 Å². The highest BCUT2D eigenvalue weighted by Gasteiger charge is 2.30. The van der Waals surface area contributed by atoms with E-state index >= 15 is 0 Å². The summed E-state index contributed by atoms with van der Waals surface area (Å²) in [6, 6.07) is 5.13. The van der Waals surface area contributed by atoms with Crippen molar-refractivity contribution in [1.29, 1.82) is 0 Å². The molecular weight excluding hydrogens is 300 g/mol. The van der Waals surface area contributed by atoms with Crippen LogP contribution in [0.3, 0.4) is 0 Å². The van der Waals surface area contributed by atoms with Crippen LogP contribution < -0.4 is 5.32 Å². The number of carbonyl (C=O) groups is 1. The predicted octanol–water partition coefficient (Wildman–Crippen LogP) is 1.12. The van der Waals surface area contributed by atoms with Crippen molar-refractivity contribution < 1.29 is 14.6 Å². The van der Waals surface area contributed by atoms with Crippen LogP contribution in [0.25, 0.3) is 0 Å². The Balaban J connectivity index is 1.92. The van der Waals surface area contributed by atoms with E-state index < -0.39 is 5.60 Å². The number of pyridine rings is 1. The van der Waals surface area contributed by atoms with Gasteiger partial charge in [-0.25, -0.2) is 4.98 Å². The molecule has 1 saturated heterocycles. The van der Waals surface area contributed by atoms with E-state index in [1.807, 2.05) is 0 Å². The number of amides is 1. The standard InChI is InChI=1S/C12H15BrN2O3/c13-10-3-1-2-9(15-10)11(16)14-8-12(17)4-6-18-7-5-12/h1-3,17H,4-8H2,(H,14,16). The van der Waals surface area contributed by atoms with Crippen LogP contribution >= 0.6 is 15.9 Å². The molecule has 0 unspecified atom stereocenters. The molecule has 5 nitrogen and oxygen atoms in total. The molecule has 0 aliphatic carbocycles. The van der Waals surface area contributed by atoms with Crippen LogP contribution in [0.4, 0.5) is 0 Å². The molecule has 6 heteroatoms. The number of halogens is 1. The van der Waals surface area contributed by atoms with Crippen molar-refractivity contribution in [3.05, 3.63) is 28.5 Å². The third-order valence-electron chi connectivity index (χ3n) is 2.95. The van der Waals surface area contributed by atoms with Crippen molar-refractivity contribution in [2.45, 2.75) is 18.4 Å². The SMILES string of the molecule is O=C(NCC1(O)CCOCC1)c1cccc(Br)n1. The molecule has 0 bridgehead atoms. The first-order valence-corrected chi connectivity index (χ1v) is 6.59. The van der Waals surface area contributed by atoms with Crippen LogP contribution in [0.2, 0.25) is 0 Å². The molecule has 1 fully saturated rings. The summed E-state index contributed by atoms with van der Waals surface area (Å²) < 4.78 is 5.79. The Labute approximate surface area is 114 Å². The Bertz CT molecular complexity index is 433. The number of rotatable bonds is 3. The van der Waals surface area contributed by atoms with Gasteiger partial charge in [-0.15, -0.1) is 0 Å². The van der Waals surface area contributed by atoms with Gasteiger partial charge in [0.1, 0.15) is 10.3 Å². The number of aliphatic hydroxyl groups is 1. The summed E-state index contributed by atoms with van der Waals surface area (Å²) in [6.45, 7) is 1.28. The van der Waals surface area contributed by atoms with E-state index in [0.29, 0.717) is 36.4 Å². The second-order valence-electron chi connectivity index (χ2n) is 4.36. The minimum atomic E-state index is -0.861. The van der Waals surface area contributed by atoms with E-state index in [1.54, 1.807) is 18.2 Å². The van der Waals surface area contributed by atoms with Crippen LogP contribution in [0.1, 0.15) is 23.3 Å². The van der Waals surface area contributed by atoms with Crippen LogP contribution in [0.5, 0.6) is 0 Å².